The Balaban J connectivity index is 1.58. The molecule has 242 valence electrons. The SMILES string of the molecule is CNC(=O)c1ccc(C(=O)Nc2ccc(N=Nc3ccc(N=Nc4ccc(S(=O)(=O)O)cc4)cc3S(=O)(=O)O)c(NC(C)=O)c2)cc1. The Hall–Kier alpha value is -5.69. The monoisotopic (exact) mass is 679 g/mol. The zero-order valence-corrected chi connectivity index (χ0v) is 26.1. The number of benzene rings is 4. The van der Waals surface area contributed by atoms with Gasteiger partial charge in [0.15, 0.2) is 0 Å². The molecule has 18 heteroatoms. The molecule has 4 aromatic rings. The summed E-state index contributed by atoms with van der Waals surface area (Å²) in [5.74, 6) is -1.28. The Morgan fingerprint density at radius 2 is 1.17 bits per heavy atom. The number of rotatable bonds is 10. The van der Waals surface area contributed by atoms with Crippen LogP contribution in [0.2, 0.25) is 0 Å². The fourth-order valence-electron chi connectivity index (χ4n) is 3.87. The van der Waals surface area contributed by atoms with Gasteiger partial charge in [-0.15, -0.1) is 10.2 Å². The number of hydrogen-bond acceptors (Lipinski definition) is 11. The molecule has 0 aliphatic carbocycles. The lowest BCUT2D eigenvalue weighted by Crippen LogP contribution is -2.18. The molecule has 0 aliphatic heterocycles. The molecule has 0 unspecified atom stereocenters. The van der Waals surface area contributed by atoms with Crippen LogP contribution in [0.25, 0.3) is 0 Å². The second-order valence-corrected chi connectivity index (χ2v) is 12.3. The molecule has 5 N–H and O–H groups in total. The topological polar surface area (TPSA) is 245 Å². The molecule has 3 amide bonds. The Kier molecular flexibility index (Phi) is 10.3. The lowest BCUT2D eigenvalue weighted by atomic mass is 10.1. The van der Waals surface area contributed by atoms with E-state index in [0.717, 1.165) is 18.2 Å². The quantitative estimate of drug-likeness (QED) is 0.103. The van der Waals surface area contributed by atoms with E-state index in [4.69, 9.17) is 4.55 Å². The van der Waals surface area contributed by atoms with Crippen molar-refractivity contribution in [3.63, 3.8) is 0 Å². The van der Waals surface area contributed by atoms with Gasteiger partial charge in [0, 0.05) is 30.8 Å². The zero-order valence-electron chi connectivity index (χ0n) is 24.4. The molecule has 4 aromatic carbocycles. The number of carbonyl (C=O) groups excluding carboxylic acids is 3. The molecule has 0 fully saturated rings. The summed E-state index contributed by atoms with van der Waals surface area (Å²) in [5.41, 5.74) is 0.979. The first-order chi connectivity index (χ1) is 22.1. The summed E-state index contributed by atoms with van der Waals surface area (Å²) in [6.07, 6.45) is 0. The van der Waals surface area contributed by atoms with Crippen LogP contribution in [0.4, 0.5) is 34.1 Å². The molecule has 47 heavy (non-hydrogen) atoms. The van der Waals surface area contributed by atoms with Crippen LogP contribution in [0, 0.1) is 0 Å². The number of nitrogens with zero attached hydrogens (tertiary/aromatic N) is 4. The van der Waals surface area contributed by atoms with Gasteiger partial charge in [0.05, 0.1) is 22.0 Å². The number of amides is 3. The Morgan fingerprint density at radius 1 is 0.617 bits per heavy atom. The first-order valence-corrected chi connectivity index (χ1v) is 16.1. The van der Waals surface area contributed by atoms with Gasteiger partial charge in [0.1, 0.15) is 16.3 Å². The molecule has 0 spiro atoms. The highest BCUT2D eigenvalue weighted by atomic mass is 32.2. The van der Waals surface area contributed by atoms with Crippen LogP contribution in [-0.4, -0.2) is 50.7 Å². The van der Waals surface area contributed by atoms with Gasteiger partial charge >= 0.3 is 0 Å². The summed E-state index contributed by atoms with van der Waals surface area (Å²) in [6.45, 7) is 1.24. The molecule has 16 nitrogen and oxygen atoms in total. The molecule has 0 bridgehead atoms. The highest BCUT2D eigenvalue weighted by molar-refractivity contribution is 7.86. The van der Waals surface area contributed by atoms with Crippen molar-refractivity contribution in [2.45, 2.75) is 16.7 Å². The largest absolute Gasteiger partial charge is 0.355 e. The van der Waals surface area contributed by atoms with Crippen molar-refractivity contribution in [1.82, 2.24) is 5.32 Å². The van der Waals surface area contributed by atoms with Gasteiger partial charge in [0.25, 0.3) is 32.1 Å². The van der Waals surface area contributed by atoms with Gasteiger partial charge in [-0.1, -0.05) is 0 Å². The highest BCUT2D eigenvalue weighted by Crippen LogP contribution is 2.34. The van der Waals surface area contributed by atoms with Crippen LogP contribution in [0.1, 0.15) is 27.6 Å². The minimum atomic E-state index is -4.84. The van der Waals surface area contributed by atoms with Gasteiger partial charge in [-0.25, -0.2) is 0 Å². The van der Waals surface area contributed by atoms with E-state index in [0.29, 0.717) is 5.56 Å². The molecular weight excluding hydrogens is 654 g/mol. The predicted molar refractivity (Wildman–Crippen MR) is 169 cm³/mol. The summed E-state index contributed by atoms with van der Waals surface area (Å²) in [5, 5.41) is 23.4. The van der Waals surface area contributed by atoms with Crippen LogP contribution < -0.4 is 16.0 Å². The Labute approximate surface area is 268 Å². The molecule has 0 saturated carbocycles. The van der Waals surface area contributed by atoms with E-state index in [2.05, 4.69) is 36.4 Å². The van der Waals surface area contributed by atoms with Gasteiger partial charge < -0.3 is 16.0 Å². The fraction of sp³-hybridized carbons (Fsp3) is 0.0690. The third-order valence-corrected chi connectivity index (χ3v) is 7.85. The van der Waals surface area contributed by atoms with Crippen molar-refractivity contribution < 1.29 is 40.3 Å². The summed E-state index contributed by atoms with van der Waals surface area (Å²) < 4.78 is 65.6. The first kappa shape index (κ1) is 34.2. The van der Waals surface area contributed by atoms with E-state index < -0.39 is 36.9 Å². The van der Waals surface area contributed by atoms with Gasteiger partial charge in [0.2, 0.25) is 5.91 Å². The number of carbonyl (C=O) groups is 3. The lowest BCUT2D eigenvalue weighted by molar-refractivity contribution is -0.114. The van der Waals surface area contributed by atoms with Gasteiger partial charge in [-0.3, -0.25) is 23.5 Å². The minimum Gasteiger partial charge on any atom is -0.355 e. The maximum absolute atomic E-state index is 12.8. The normalized spacial score (nSPS) is 11.8. The number of nitrogens with one attached hydrogen (secondary N) is 3. The maximum Gasteiger partial charge on any atom is 0.296 e. The molecular formula is C29H25N7O9S2. The molecule has 0 aromatic heterocycles. The molecule has 0 saturated heterocycles. The van der Waals surface area contributed by atoms with Crippen LogP contribution in [-0.2, 0) is 25.0 Å². The third kappa shape index (κ3) is 9.17. The molecule has 0 heterocycles. The van der Waals surface area contributed by atoms with E-state index in [1.165, 1.54) is 80.7 Å². The van der Waals surface area contributed by atoms with Crippen molar-refractivity contribution in [1.29, 1.82) is 0 Å². The highest BCUT2D eigenvalue weighted by Gasteiger charge is 2.18. The molecule has 0 atom stereocenters. The summed E-state index contributed by atoms with van der Waals surface area (Å²) in [4.78, 5) is 35.4. The van der Waals surface area contributed by atoms with Crippen molar-refractivity contribution in [3.8, 4) is 0 Å². The predicted octanol–water partition coefficient (Wildman–Crippen LogP) is 5.58. The van der Waals surface area contributed by atoms with Crippen LogP contribution >= 0.6 is 0 Å². The summed E-state index contributed by atoms with van der Waals surface area (Å²) in [7, 11) is -7.76. The van der Waals surface area contributed by atoms with Crippen LogP contribution in [0.3, 0.4) is 0 Å². The van der Waals surface area contributed by atoms with E-state index in [9.17, 15) is 35.8 Å². The van der Waals surface area contributed by atoms with Crippen molar-refractivity contribution in [3.05, 3.63) is 96.1 Å². The van der Waals surface area contributed by atoms with Crippen LogP contribution in [0.5, 0.6) is 0 Å². The molecule has 0 aliphatic rings. The van der Waals surface area contributed by atoms with Crippen molar-refractivity contribution in [2.75, 3.05) is 17.7 Å². The average molecular weight is 680 g/mol. The fourth-order valence-corrected chi connectivity index (χ4v) is 5.00. The molecule has 4 rings (SSSR count). The van der Waals surface area contributed by atoms with Crippen LogP contribution in [0.15, 0.2) is 115 Å². The summed E-state index contributed by atoms with van der Waals surface area (Å²) >= 11 is 0. The lowest BCUT2D eigenvalue weighted by Gasteiger charge is -2.11. The van der Waals surface area contributed by atoms with E-state index in [1.807, 2.05) is 0 Å². The van der Waals surface area contributed by atoms with Crippen molar-refractivity contribution >= 4 is 72.1 Å². The van der Waals surface area contributed by atoms with Gasteiger partial charge in [-0.05, 0) is 84.9 Å². The zero-order chi connectivity index (χ0) is 34.4. The number of hydrogen-bond donors (Lipinski definition) is 5. The Bertz CT molecular complexity index is 2130. The smallest absolute Gasteiger partial charge is 0.296 e. The minimum absolute atomic E-state index is 0.0160. The number of anilines is 2. The third-order valence-electron chi connectivity index (χ3n) is 6.10. The standard InChI is InChI=1S/C29H25N7O9S2/c1-17(37)31-26-15-21(32-29(39)19-5-3-18(4-6-19)28(38)30-2)9-13-24(26)35-36-25-14-10-22(16-27(25)47(43,44)45)34-33-20-7-11-23(12-8-20)46(40,41)42/h3-16H,1-2H3,(H,30,38)(H,31,37)(H,32,39)(H,40,41,42)(H,43,44,45). The van der Waals surface area contributed by atoms with Gasteiger partial charge in [-0.2, -0.15) is 27.1 Å². The average Bonchev–Trinajstić information content (AvgIpc) is 3.02. The molecule has 0 radical (unpaired) electrons. The second kappa shape index (κ2) is 14.2. The number of azo groups is 2. The second-order valence-electron chi connectivity index (χ2n) is 9.52. The van der Waals surface area contributed by atoms with E-state index in [1.54, 1.807) is 0 Å². The van der Waals surface area contributed by atoms with Crippen molar-refractivity contribution in [2.24, 2.45) is 20.5 Å². The van der Waals surface area contributed by atoms with E-state index in [-0.39, 0.29) is 50.5 Å². The first-order valence-electron chi connectivity index (χ1n) is 13.2. The summed E-state index contributed by atoms with van der Waals surface area (Å²) in [6, 6.07) is 18.4. The van der Waals surface area contributed by atoms with E-state index >= 15 is 0 Å². The Morgan fingerprint density at radius 3 is 1.74 bits per heavy atom. The maximum atomic E-state index is 12.8.